The van der Waals surface area contributed by atoms with Gasteiger partial charge in [-0.2, -0.15) is 0 Å². The minimum atomic E-state index is -0.682. The molecule has 12 aliphatic rings. The smallest absolute Gasteiger partial charge is 0.870 e. The standard InChI is InChI=1S/C30H52O5.C26H44O3.C25H42O4.Na.H2O/c1-7-21-25-16-19(2)10-12-30(25,5)24-11-13-29(4)22(8-9-23(29)27(24)28(21)32)20(3)17-26(31)35-18-34-15-14-33-6;1-6-17-21-13-15(2)9-11-26(21,5)20-10-12-25(4)18(16(3)14-22(27)28)7-8-19(25)23(20)24(17)29;1-5-16-20-13-15(26)8-10-25(20,4)19-9-11-24(3)17(14(2)12-21(27)28)6-7-18(24)22(19)23(16)29;;/h19-25,27-28,32H,7-18H2,1-6H3;15-21,23-24,29H,6-14H2,1-5H3,(H,27,28);14-20,22-23,26,29H,5-13H2,1-4H3,(H,27,28);;1H2/q;;;+1;/p-1/t19-,20-,21-,22-,23+,24+,25+,27+,28-,29-,30-;15-,16-,17-,18-,19+,20+,21+,23+,24-,25-,26-;14-,15-,16-,17-,18+,19+,20+,22+,23-,24-,25-;;/m111../s1. The number of ether oxygens (including phenoxy) is 3. The van der Waals surface area contributed by atoms with Gasteiger partial charge in [-0.25, -0.2) is 0 Å². The molecule has 0 amide bonds. The van der Waals surface area contributed by atoms with E-state index < -0.39 is 11.9 Å². The molecule has 0 aromatic carbocycles. The van der Waals surface area contributed by atoms with Crippen LogP contribution in [0.1, 0.15) is 270 Å². The molecule has 12 saturated carbocycles. The average molecular weight is 1340 g/mol. The number of carbonyl (C=O) groups is 3. The molecular weight excluding hydrogens is 1200 g/mol. The quantitative estimate of drug-likeness (QED) is 0.0345. The molecule has 14 heteroatoms. The van der Waals surface area contributed by atoms with Crippen LogP contribution in [0.2, 0.25) is 0 Å². The maximum absolute atomic E-state index is 12.5. The Bertz CT molecular complexity index is 2430. The summed E-state index contributed by atoms with van der Waals surface area (Å²) in [4.78, 5) is 35.3. The van der Waals surface area contributed by atoms with E-state index in [0.717, 1.165) is 76.0 Å². The molecule has 12 rings (SSSR count). The van der Waals surface area contributed by atoms with E-state index in [1.54, 1.807) is 7.11 Å². The van der Waals surface area contributed by atoms with Crippen molar-refractivity contribution >= 4 is 17.9 Å². The topological polar surface area (TPSA) is 230 Å². The van der Waals surface area contributed by atoms with Gasteiger partial charge in [0.05, 0.1) is 37.6 Å². The van der Waals surface area contributed by atoms with Crippen LogP contribution in [-0.2, 0) is 28.6 Å². The largest absolute Gasteiger partial charge is 1.00 e. The number of carboxylic acids is 2. The summed E-state index contributed by atoms with van der Waals surface area (Å²) >= 11 is 0. The number of methoxy groups -OCH3 is 1. The average Bonchev–Trinajstić information content (AvgIpc) is 1.71. The molecule has 13 nitrogen and oxygen atoms in total. The number of carboxylic acid groups (broad SMARTS) is 2. The summed E-state index contributed by atoms with van der Waals surface area (Å²) in [7, 11) is 1.63. The summed E-state index contributed by atoms with van der Waals surface area (Å²) < 4.78 is 15.6. The van der Waals surface area contributed by atoms with E-state index in [1.807, 2.05) is 0 Å². The predicted octanol–water partition coefficient (Wildman–Crippen LogP) is 13.6. The molecular formula is C81H139NaO13. The van der Waals surface area contributed by atoms with E-state index in [9.17, 15) is 45.0 Å². The van der Waals surface area contributed by atoms with Gasteiger partial charge in [-0.05, 0) is 291 Å². The van der Waals surface area contributed by atoms with Crippen LogP contribution in [0.5, 0.6) is 0 Å². The zero-order valence-corrected chi connectivity index (χ0v) is 64.9. The summed E-state index contributed by atoms with van der Waals surface area (Å²) in [5.41, 5.74) is 1.58. The van der Waals surface area contributed by atoms with Crippen molar-refractivity contribution in [2.75, 3.05) is 27.1 Å². The van der Waals surface area contributed by atoms with Crippen molar-refractivity contribution in [1.29, 1.82) is 0 Å². The molecule has 95 heavy (non-hydrogen) atoms. The van der Waals surface area contributed by atoms with E-state index in [4.69, 9.17) is 14.2 Å². The first-order valence-corrected chi connectivity index (χ1v) is 39.3. The van der Waals surface area contributed by atoms with Crippen LogP contribution in [0.4, 0.5) is 0 Å². The third kappa shape index (κ3) is 14.5. The Balaban J connectivity index is 0.000000182. The van der Waals surface area contributed by atoms with E-state index >= 15 is 0 Å². The van der Waals surface area contributed by atoms with Crippen molar-refractivity contribution in [2.45, 2.75) is 295 Å². The number of esters is 1. The molecule has 0 saturated heterocycles. The zero-order chi connectivity index (χ0) is 67.7. The van der Waals surface area contributed by atoms with Crippen molar-refractivity contribution < 1.29 is 94.3 Å². The molecule has 0 aromatic rings. The van der Waals surface area contributed by atoms with Crippen molar-refractivity contribution in [3.8, 4) is 0 Å². The van der Waals surface area contributed by atoms with Gasteiger partial charge in [0, 0.05) is 26.4 Å². The third-order valence-corrected chi connectivity index (χ3v) is 33.2. The van der Waals surface area contributed by atoms with Crippen molar-refractivity contribution in [2.24, 2.45) is 169 Å². The van der Waals surface area contributed by atoms with Gasteiger partial charge in [0.25, 0.3) is 0 Å². The summed E-state index contributed by atoms with van der Waals surface area (Å²) in [5, 5.41) is 64.4. The maximum atomic E-state index is 12.5. The third-order valence-electron chi connectivity index (χ3n) is 33.2. The van der Waals surface area contributed by atoms with Crippen molar-refractivity contribution in [3.63, 3.8) is 0 Å². The number of rotatable bonds is 17. The Morgan fingerprint density at radius 1 is 0.432 bits per heavy atom. The molecule has 0 heterocycles. The fourth-order valence-electron chi connectivity index (χ4n) is 28.8. The summed E-state index contributed by atoms with van der Waals surface area (Å²) in [6.45, 7) is 34.1. The second-order valence-corrected chi connectivity index (χ2v) is 37.1. The minimum Gasteiger partial charge on any atom is -0.870 e. The Morgan fingerprint density at radius 3 is 1.08 bits per heavy atom. The molecule has 0 spiro atoms. The van der Waals surface area contributed by atoms with Crippen LogP contribution >= 0.6 is 0 Å². The molecule has 0 aromatic heterocycles. The van der Waals surface area contributed by atoms with Crippen LogP contribution in [0.3, 0.4) is 0 Å². The molecule has 0 bridgehead atoms. The van der Waals surface area contributed by atoms with Gasteiger partial charge in [-0.3, -0.25) is 14.4 Å². The first-order chi connectivity index (χ1) is 43.9. The molecule has 542 valence electrons. The van der Waals surface area contributed by atoms with Crippen molar-refractivity contribution in [3.05, 3.63) is 0 Å². The molecule has 12 aliphatic carbocycles. The number of aliphatic hydroxyl groups excluding tert-OH is 4. The Hall–Kier alpha value is -0.870. The molecule has 7 N–H and O–H groups in total. The monoisotopic (exact) mass is 1340 g/mol. The fourth-order valence-corrected chi connectivity index (χ4v) is 28.8. The SMILES string of the molecule is CC[C@H]1[C@@H](O)[C@@H]2[C@H](CC[C@]3(C)[C@@H]([C@H](C)CC(=O)O)CC[C@@H]23)[C@@]2(C)CC[C@@H](C)C[C@@H]12.CC[C@H]1[C@@H](O)[C@@H]2[C@H](CC[C@]3(C)[C@@H]([C@H](C)CC(=O)O)CC[C@@H]23)[C@@]2(C)CC[C@@H](O)C[C@@H]12.CC[C@H]1[C@@H](O)[C@@H]2[C@H](CC[C@]3(C)[C@@H]([C@H](C)CC(=O)OCOCCOC)CC[C@@H]23)[C@@]2(C)CC[C@@H](C)C[C@@H]12.[Na+].[OH-]. The predicted molar refractivity (Wildman–Crippen MR) is 369 cm³/mol. The van der Waals surface area contributed by atoms with Gasteiger partial charge in [0.15, 0.2) is 6.79 Å². The van der Waals surface area contributed by atoms with Crippen molar-refractivity contribution in [1.82, 2.24) is 0 Å². The van der Waals surface area contributed by atoms with Gasteiger partial charge in [0.2, 0.25) is 0 Å². The van der Waals surface area contributed by atoms with E-state index in [2.05, 4.69) is 96.9 Å². The van der Waals surface area contributed by atoms with E-state index in [1.165, 1.54) is 89.9 Å². The second-order valence-electron chi connectivity index (χ2n) is 37.1. The Morgan fingerprint density at radius 2 is 0.747 bits per heavy atom. The second kappa shape index (κ2) is 31.6. The number of aliphatic carboxylic acids is 2. The van der Waals surface area contributed by atoms with Crippen LogP contribution in [0.15, 0.2) is 0 Å². The number of carbonyl (C=O) groups excluding carboxylic acids is 1. The molecule has 12 fully saturated rings. The summed E-state index contributed by atoms with van der Waals surface area (Å²) in [6.07, 6.45) is 28.5. The molecule has 33 atom stereocenters. The van der Waals surface area contributed by atoms with Crippen LogP contribution in [0, 0.1) is 169 Å². The number of hydrogen-bond donors (Lipinski definition) is 6. The van der Waals surface area contributed by atoms with Crippen LogP contribution in [-0.4, -0.2) is 106 Å². The van der Waals surface area contributed by atoms with E-state index in [-0.39, 0.29) is 124 Å². The zero-order valence-electron chi connectivity index (χ0n) is 62.9. The molecule has 0 unspecified atom stereocenters. The normalized spacial score (nSPS) is 49.2. The minimum absolute atomic E-state index is 0. The Kier molecular flexibility index (Phi) is 26.6. The van der Waals surface area contributed by atoms with Gasteiger partial charge in [-0.15, -0.1) is 0 Å². The number of aliphatic hydroxyl groups is 4. The van der Waals surface area contributed by atoms with Gasteiger partial charge in [0.1, 0.15) is 0 Å². The summed E-state index contributed by atoms with van der Waals surface area (Å²) in [5.74, 6) is 9.94. The first-order valence-electron chi connectivity index (χ1n) is 39.3. The van der Waals surface area contributed by atoms with Gasteiger partial charge < -0.3 is 50.3 Å². The summed E-state index contributed by atoms with van der Waals surface area (Å²) in [6, 6.07) is 0. The Labute approximate surface area is 598 Å². The number of hydrogen-bond acceptors (Lipinski definition) is 11. The molecule has 0 radical (unpaired) electrons. The maximum Gasteiger partial charge on any atom is 1.00 e. The van der Waals surface area contributed by atoms with E-state index in [0.29, 0.717) is 137 Å². The van der Waals surface area contributed by atoms with Gasteiger partial charge >= 0.3 is 47.5 Å². The van der Waals surface area contributed by atoms with Crippen LogP contribution in [0.25, 0.3) is 0 Å². The van der Waals surface area contributed by atoms with Crippen LogP contribution < -0.4 is 29.6 Å². The van der Waals surface area contributed by atoms with Gasteiger partial charge in [-0.1, -0.05) is 129 Å². The fraction of sp³-hybridized carbons (Fsp3) is 0.963. The molecule has 0 aliphatic heterocycles. The number of fused-ring (bicyclic) bond motifs is 15. The first kappa shape index (κ1) is 79.8.